The topological polar surface area (TPSA) is 41.6 Å². The smallest absolute Gasteiger partial charge is 0.318 e. The molecule has 5 heteroatoms. The highest BCUT2D eigenvalue weighted by atomic mass is 32.1. The number of carbonyl (C=O) groups is 1. The zero-order valence-corrected chi connectivity index (χ0v) is 13.5. The Balaban J connectivity index is 1.63. The van der Waals surface area contributed by atoms with Gasteiger partial charge in [-0.15, -0.1) is 11.3 Å². The van der Waals surface area contributed by atoms with Crippen LogP contribution < -0.4 is 5.32 Å². The maximum absolute atomic E-state index is 12.6. The van der Waals surface area contributed by atoms with Crippen LogP contribution in [0.2, 0.25) is 0 Å². The molecule has 1 spiro atoms. The summed E-state index contributed by atoms with van der Waals surface area (Å²) >= 11 is 1.71. The van der Waals surface area contributed by atoms with Crippen LogP contribution >= 0.6 is 11.3 Å². The van der Waals surface area contributed by atoms with Gasteiger partial charge in [-0.2, -0.15) is 0 Å². The van der Waals surface area contributed by atoms with Crippen molar-refractivity contribution >= 4 is 17.4 Å². The molecule has 1 atom stereocenters. The van der Waals surface area contributed by atoms with Gasteiger partial charge in [0.05, 0.1) is 19.3 Å². The number of nitrogens with zero attached hydrogens (tertiary/aromatic N) is 1. The molecular weight excluding hydrogens is 284 g/mol. The average Bonchev–Trinajstić information content (AvgIpc) is 2.87. The highest BCUT2D eigenvalue weighted by molar-refractivity contribution is 7.10. The third-order valence-electron chi connectivity index (χ3n) is 4.73. The molecular formula is C16H24N2O2S. The molecule has 2 aliphatic rings. The molecule has 21 heavy (non-hydrogen) atoms. The minimum Gasteiger partial charge on any atom is -0.379 e. The van der Waals surface area contributed by atoms with Crippen molar-refractivity contribution in [2.75, 3.05) is 26.3 Å². The zero-order chi connectivity index (χ0) is 14.7. The van der Waals surface area contributed by atoms with E-state index in [2.05, 4.69) is 23.7 Å². The van der Waals surface area contributed by atoms with Crippen LogP contribution in [0.3, 0.4) is 0 Å². The first-order valence-electron chi connectivity index (χ1n) is 7.89. The summed E-state index contributed by atoms with van der Waals surface area (Å²) in [6.45, 7) is 5.14. The summed E-state index contributed by atoms with van der Waals surface area (Å²) in [4.78, 5) is 15.8. The number of amides is 2. The van der Waals surface area contributed by atoms with E-state index >= 15 is 0 Å². The van der Waals surface area contributed by atoms with Crippen molar-refractivity contribution in [1.82, 2.24) is 10.2 Å². The predicted molar refractivity (Wildman–Crippen MR) is 84.6 cm³/mol. The Morgan fingerprint density at radius 1 is 1.57 bits per heavy atom. The second kappa shape index (κ2) is 6.36. The second-order valence-corrected chi connectivity index (χ2v) is 7.23. The van der Waals surface area contributed by atoms with Crippen molar-refractivity contribution < 1.29 is 9.53 Å². The van der Waals surface area contributed by atoms with E-state index in [1.807, 2.05) is 11.0 Å². The van der Waals surface area contributed by atoms with E-state index in [0.29, 0.717) is 13.2 Å². The fourth-order valence-electron chi connectivity index (χ4n) is 3.25. The Morgan fingerprint density at radius 2 is 2.43 bits per heavy atom. The van der Waals surface area contributed by atoms with Crippen LogP contribution in [-0.4, -0.2) is 37.2 Å². The first-order valence-corrected chi connectivity index (χ1v) is 8.77. The van der Waals surface area contributed by atoms with Gasteiger partial charge in [-0.3, -0.25) is 0 Å². The van der Waals surface area contributed by atoms with E-state index in [0.717, 1.165) is 19.6 Å². The Hall–Kier alpha value is -1.07. The third-order valence-corrected chi connectivity index (χ3v) is 5.72. The van der Waals surface area contributed by atoms with Crippen LogP contribution in [0.15, 0.2) is 17.5 Å². The maximum atomic E-state index is 12.6. The molecule has 1 aliphatic carbocycles. The molecule has 2 fully saturated rings. The maximum Gasteiger partial charge on any atom is 0.318 e. The van der Waals surface area contributed by atoms with Gasteiger partial charge in [0.15, 0.2) is 0 Å². The summed E-state index contributed by atoms with van der Waals surface area (Å²) in [5.74, 6) is 0. The van der Waals surface area contributed by atoms with Crippen molar-refractivity contribution in [3.05, 3.63) is 22.4 Å². The molecule has 3 rings (SSSR count). The van der Waals surface area contributed by atoms with Gasteiger partial charge in [-0.25, -0.2) is 4.79 Å². The molecule has 1 N–H and O–H groups in total. The van der Waals surface area contributed by atoms with Crippen LogP contribution in [0, 0.1) is 5.41 Å². The lowest BCUT2D eigenvalue weighted by molar-refractivity contribution is 0.0125. The molecule has 1 saturated carbocycles. The molecule has 4 nitrogen and oxygen atoms in total. The molecule has 2 heterocycles. The quantitative estimate of drug-likeness (QED) is 0.929. The van der Waals surface area contributed by atoms with Crippen LogP contribution in [0.4, 0.5) is 4.79 Å². The molecule has 116 valence electrons. The number of carbonyl (C=O) groups excluding carboxylic acids is 1. The molecule has 1 unspecified atom stereocenters. The standard InChI is InChI=1S/C16H24N2O2S/c1-2-13(14-5-3-10-21-14)17-15(19)18-8-9-20-12-16(11-18)6-4-7-16/h3,5,10,13H,2,4,6-9,11-12H2,1H3,(H,17,19). The largest absolute Gasteiger partial charge is 0.379 e. The number of hydrogen-bond acceptors (Lipinski definition) is 3. The van der Waals surface area contributed by atoms with E-state index in [1.165, 1.54) is 24.1 Å². The first-order chi connectivity index (χ1) is 10.2. The van der Waals surface area contributed by atoms with Gasteiger partial charge in [0, 0.05) is 23.4 Å². The normalized spacial score (nSPS) is 22.4. The summed E-state index contributed by atoms with van der Waals surface area (Å²) in [5, 5.41) is 5.26. The molecule has 2 amide bonds. The monoisotopic (exact) mass is 308 g/mol. The Labute approximate surface area is 130 Å². The second-order valence-electron chi connectivity index (χ2n) is 6.25. The van der Waals surface area contributed by atoms with Gasteiger partial charge >= 0.3 is 6.03 Å². The van der Waals surface area contributed by atoms with E-state index in [4.69, 9.17) is 4.74 Å². The summed E-state index contributed by atoms with van der Waals surface area (Å²) in [7, 11) is 0. The van der Waals surface area contributed by atoms with Crippen molar-refractivity contribution in [3.8, 4) is 0 Å². The van der Waals surface area contributed by atoms with Crippen LogP contribution in [0.1, 0.15) is 43.5 Å². The summed E-state index contributed by atoms with van der Waals surface area (Å²) < 4.78 is 5.72. The van der Waals surface area contributed by atoms with Crippen molar-refractivity contribution in [2.24, 2.45) is 5.41 Å². The van der Waals surface area contributed by atoms with E-state index in [1.54, 1.807) is 11.3 Å². The lowest BCUT2D eigenvalue weighted by Gasteiger charge is -2.42. The van der Waals surface area contributed by atoms with Crippen molar-refractivity contribution in [2.45, 2.75) is 38.6 Å². The minimum absolute atomic E-state index is 0.0621. The van der Waals surface area contributed by atoms with Crippen molar-refractivity contribution in [3.63, 3.8) is 0 Å². The third kappa shape index (κ3) is 3.24. The Kier molecular flexibility index (Phi) is 4.50. The molecule has 0 aromatic carbocycles. The number of nitrogens with one attached hydrogen (secondary N) is 1. The van der Waals surface area contributed by atoms with Gasteiger partial charge in [0.25, 0.3) is 0 Å². The van der Waals surface area contributed by atoms with Gasteiger partial charge in [0.1, 0.15) is 0 Å². The highest BCUT2D eigenvalue weighted by Gasteiger charge is 2.41. The van der Waals surface area contributed by atoms with Gasteiger partial charge in [0.2, 0.25) is 0 Å². The number of ether oxygens (including phenoxy) is 1. The van der Waals surface area contributed by atoms with Gasteiger partial charge in [-0.1, -0.05) is 19.4 Å². The van der Waals surface area contributed by atoms with E-state index < -0.39 is 0 Å². The van der Waals surface area contributed by atoms with E-state index in [-0.39, 0.29) is 17.5 Å². The van der Waals surface area contributed by atoms with Gasteiger partial charge < -0.3 is 15.0 Å². The van der Waals surface area contributed by atoms with Crippen LogP contribution in [0.5, 0.6) is 0 Å². The van der Waals surface area contributed by atoms with Crippen molar-refractivity contribution in [1.29, 1.82) is 0 Å². The fraction of sp³-hybridized carbons (Fsp3) is 0.688. The minimum atomic E-state index is 0.0621. The molecule has 0 radical (unpaired) electrons. The zero-order valence-electron chi connectivity index (χ0n) is 12.6. The Morgan fingerprint density at radius 3 is 3.05 bits per heavy atom. The molecule has 1 aliphatic heterocycles. The summed E-state index contributed by atoms with van der Waals surface area (Å²) in [6, 6.07) is 4.32. The fourth-order valence-corrected chi connectivity index (χ4v) is 4.11. The summed E-state index contributed by atoms with van der Waals surface area (Å²) in [6.07, 6.45) is 4.57. The van der Waals surface area contributed by atoms with Crippen LogP contribution in [-0.2, 0) is 4.74 Å². The van der Waals surface area contributed by atoms with Crippen LogP contribution in [0.25, 0.3) is 0 Å². The van der Waals surface area contributed by atoms with Gasteiger partial charge in [-0.05, 0) is 30.7 Å². The first kappa shape index (κ1) is 14.9. The molecule has 1 saturated heterocycles. The summed E-state index contributed by atoms with van der Waals surface area (Å²) in [5.41, 5.74) is 0.235. The Bertz CT molecular complexity index is 471. The average molecular weight is 308 g/mol. The highest BCUT2D eigenvalue weighted by Crippen LogP contribution is 2.42. The number of urea groups is 1. The molecule has 1 aromatic heterocycles. The molecule has 0 bridgehead atoms. The van der Waals surface area contributed by atoms with E-state index in [9.17, 15) is 4.79 Å². The number of thiophene rings is 1. The number of rotatable bonds is 3. The SMILES string of the molecule is CCC(NC(=O)N1CCOCC2(CCC2)C1)c1cccs1. The lowest BCUT2D eigenvalue weighted by Crippen LogP contribution is -2.49. The molecule has 1 aromatic rings. The number of hydrogen-bond donors (Lipinski definition) is 1. The predicted octanol–water partition coefficient (Wildman–Crippen LogP) is 3.41. The lowest BCUT2D eigenvalue weighted by atomic mass is 9.69.